The summed E-state index contributed by atoms with van der Waals surface area (Å²) < 4.78 is 10.8. The minimum Gasteiger partial charge on any atom is -0.497 e. The molecule has 1 saturated heterocycles. The summed E-state index contributed by atoms with van der Waals surface area (Å²) in [6, 6.07) is 5.63. The number of fused-ring (bicyclic) bond motifs is 1. The zero-order valence-corrected chi connectivity index (χ0v) is 15.8. The van der Waals surface area contributed by atoms with Crippen LogP contribution in [0.1, 0.15) is 31.2 Å². The topological polar surface area (TPSA) is 63.0 Å². The Morgan fingerprint density at radius 1 is 1.11 bits per heavy atom. The van der Waals surface area contributed by atoms with Crippen molar-refractivity contribution in [3.05, 3.63) is 30.0 Å². The summed E-state index contributed by atoms with van der Waals surface area (Å²) in [6.07, 6.45) is 6.35. The predicted octanol–water partition coefficient (Wildman–Crippen LogP) is 2.84. The fraction of sp³-hybridized carbons (Fsp3) is 0.524. The van der Waals surface area contributed by atoms with Gasteiger partial charge in [0.25, 0.3) is 0 Å². The van der Waals surface area contributed by atoms with Gasteiger partial charge in [-0.05, 0) is 25.0 Å². The van der Waals surface area contributed by atoms with E-state index in [1.165, 1.54) is 12.8 Å². The molecule has 2 heterocycles. The number of methoxy groups -OCH3 is 1. The van der Waals surface area contributed by atoms with E-state index in [1.54, 1.807) is 13.4 Å². The summed E-state index contributed by atoms with van der Waals surface area (Å²) in [5.74, 6) is 1.31. The van der Waals surface area contributed by atoms with Crippen molar-refractivity contribution in [1.29, 1.82) is 0 Å². The molecule has 1 aliphatic carbocycles. The van der Waals surface area contributed by atoms with Gasteiger partial charge in [0.15, 0.2) is 0 Å². The first kappa shape index (κ1) is 17.9. The van der Waals surface area contributed by atoms with Crippen molar-refractivity contribution < 1.29 is 18.7 Å². The number of carbonyl (C=O) groups excluding carboxylic acids is 2. The Morgan fingerprint density at radius 3 is 2.52 bits per heavy atom. The Morgan fingerprint density at radius 2 is 1.81 bits per heavy atom. The summed E-state index contributed by atoms with van der Waals surface area (Å²) in [6.45, 7) is 2.51. The Hall–Kier alpha value is -2.50. The number of furan rings is 1. The molecule has 0 N–H and O–H groups in total. The van der Waals surface area contributed by atoms with E-state index in [9.17, 15) is 9.59 Å². The molecule has 2 fully saturated rings. The molecule has 2 aromatic rings. The summed E-state index contributed by atoms with van der Waals surface area (Å²) in [7, 11) is 1.62. The Balaban J connectivity index is 1.35. The molecule has 0 unspecified atom stereocenters. The van der Waals surface area contributed by atoms with Crippen molar-refractivity contribution >= 4 is 22.8 Å². The first-order chi connectivity index (χ1) is 13.2. The average molecular weight is 370 g/mol. The van der Waals surface area contributed by atoms with Crippen molar-refractivity contribution in [1.82, 2.24) is 9.80 Å². The van der Waals surface area contributed by atoms with Gasteiger partial charge in [0.2, 0.25) is 11.8 Å². The molecule has 1 saturated carbocycles. The van der Waals surface area contributed by atoms with E-state index in [2.05, 4.69) is 0 Å². The van der Waals surface area contributed by atoms with Crippen LogP contribution in [0.5, 0.6) is 5.75 Å². The van der Waals surface area contributed by atoms with E-state index in [4.69, 9.17) is 9.15 Å². The predicted molar refractivity (Wildman–Crippen MR) is 102 cm³/mol. The van der Waals surface area contributed by atoms with Gasteiger partial charge in [-0.3, -0.25) is 9.59 Å². The van der Waals surface area contributed by atoms with Crippen LogP contribution in [0, 0.1) is 5.92 Å². The van der Waals surface area contributed by atoms with E-state index in [0.717, 1.165) is 35.1 Å². The minimum absolute atomic E-state index is 0.0847. The summed E-state index contributed by atoms with van der Waals surface area (Å²) in [4.78, 5) is 29.1. The highest BCUT2D eigenvalue weighted by atomic mass is 16.5. The van der Waals surface area contributed by atoms with Gasteiger partial charge >= 0.3 is 0 Å². The maximum atomic E-state index is 12.7. The normalized spacial score (nSPS) is 18.3. The van der Waals surface area contributed by atoms with Gasteiger partial charge in [-0.1, -0.05) is 12.8 Å². The summed E-state index contributed by atoms with van der Waals surface area (Å²) in [5, 5.41) is 0.944. The lowest BCUT2D eigenvalue weighted by atomic mass is 10.1. The van der Waals surface area contributed by atoms with Gasteiger partial charge in [0, 0.05) is 49.1 Å². The fourth-order valence-corrected chi connectivity index (χ4v) is 4.21. The first-order valence-electron chi connectivity index (χ1n) is 9.76. The molecule has 6 heteroatoms. The van der Waals surface area contributed by atoms with E-state index in [0.29, 0.717) is 32.6 Å². The third-order valence-corrected chi connectivity index (χ3v) is 5.85. The minimum atomic E-state index is 0.0847. The SMILES string of the molecule is COc1ccc2c(CC(=O)N3CCN(C(=O)C4CCCC4)CC3)coc2c1. The van der Waals surface area contributed by atoms with E-state index in [-0.39, 0.29) is 17.7 Å². The molecule has 0 bridgehead atoms. The molecular formula is C21H26N2O4. The van der Waals surface area contributed by atoms with Crippen LogP contribution in [-0.4, -0.2) is 54.9 Å². The van der Waals surface area contributed by atoms with Crippen molar-refractivity contribution in [2.45, 2.75) is 32.1 Å². The Labute approximate surface area is 159 Å². The first-order valence-corrected chi connectivity index (χ1v) is 9.76. The molecule has 1 aromatic carbocycles. The van der Waals surface area contributed by atoms with E-state index < -0.39 is 0 Å². The lowest BCUT2D eigenvalue weighted by Crippen LogP contribution is -2.52. The van der Waals surface area contributed by atoms with Crippen LogP contribution in [0.15, 0.2) is 28.9 Å². The number of nitrogens with zero attached hydrogens (tertiary/aromatic N) is 2. The van der Waals surface area contributed by atoms with Crippen molar-refractivity contribution in [2.75, 3.05) is 33.3 Å². The molecule has 2 amide bonds. The second-order valence-corrected chi connectivity index (χ2v) is 7.49. The van der Waals surface area contributed by atoms with Crippen molar-refractivity contribution in [3.63, 3.8) is 0 Å². The highest BCUT2D eigenvalue weighted by molar-refractivity contribution is 5.88. The Kier molecular flexibility index (Phi) is 5.05. The van der Waals surface area contributed by atoms with Crippen LogP contribution in [0.25, 0.3) is 11.0 Å². The molecule has 6 nitrogen and oxygen atoms in total. The fourth-order valence-electron chi connectivity index (χ4n) is 4.21. The number of hydrogen-bond acceptors (Lipinski definition) is 4. The molecule has 144 valence electrons. The van der Waals surface area contributed by atoms with Crippen LogP contribution < -0.4 is 4.74 Å². The molecular weight excluding hydrogens is 344 g/mol. The van der Waals surface area contributed by atoms with Crippen LogP contribution in [0.3, 0.4) is 0 Å². The standard InChI is InChI=1S/C21H26N2O4/c1-26-17-6-7-18-16(14-27-19(18)13-17)12-20(24)22-8-10-23(11-9-22)21(25)15-4-2-3-5-15/h6-7,13-15H,2-5,8-12H2,1H3. The average Bonchev–Trinajstić information content (AvgIpc) is 3.37. The quantitative estimate of drug-likeness (QED) is 0.830. The van der Waals surface area contributed by atoms with E-state index >= 15 is 0 Å². The highest BCUT2D eigenvalue weighted by Crippen LogP contribution is 2.28. The van der Waals surface area contributed by atoms with Crippen LogP contribution >= 0.6 is 0 Å². The van der Waals surface area contributed by atoms with Crippen molar-refractivity contribution in [3.8, 4) is 5.75 Å². The molecule has 1 aromatic heterocycles. The summed E-state index contributed by atoms with van der Waals surface area (Å²) in [5.41, 5.74) is 1.62. The number of ether oxygens (including phenoxy) is 1. The Bertz CT molecular complexity index is 830. The second kappa shape index (κ2) is 7.62. The van der Waals surface area contributed by atoms with Gasteiger partial charge < -0.3 is 19.0 Å². The smallest absolute Gasteiger partial charge is 0.227 e. The van der Waals surface area contributed by atoms with Crippen LogP contribution in [-0.2, 0) is 16.0 Å². The number of piperazine rings is 1. The molecule has 0 atom stereocenters. The highest BCUT2D eigenvalue weighted by Gasteiger charge is 2.30. The van der Waals surface area contributed by atoms with Crippen LogP contribution in [0.2, 0.25) is 0 Å². The molecule has 0 spiro atoms. The third kappa shape index (κ3) is 3.66. The molecule has 27 heavy (non-hydrogen) atoms. The zero-order chi connectivity index (χ0) is 18.8. The van der Waals surface area contributed by atoms with Crippen LogP contribution in [0.4, 0.5) is 0 Å². The van der Waals surface area contributed by atoms with Crippen molar-refractivity contribution in [2.24, 2.45) is 5.92 Å². The van der Waals surface area contributed by atoms with Gasteiger partial charge in [-0.2, -0.15) is 0 Å². The number of rotatable bonds is 4. The largest absolute Gasteiger partial charge is 0.497 e. The van der Waals surface area contributed by atoms with Gasteiger partial charge in [-0.25, -0.2) is 0 Å². The van der Waals surface area contributed by atoms with E-state index in [1.807, 2.05) is 28.0 Å². The molecule has 1 aliphatic heterocycles. The number of amides is 2. The van der Waals surface area contributed by atoms with Gasteiger partial charge in [-0.15, -0.1) is 0 Å². The monoisotopic (exact) mass is 370 g/mol. The second-order valence-electron chi connectivity index (χ2n) is 7.49. The number of benzene rings is 1. The lowest BCUT2D eigenvalue weighted by Gasteiger charge is -2.36. The third-order valence-electron chi connectivity index (χ3n) is 5.85. The molecule has 0 radical (unpaired) electrons. The molecule has 2 aliphatic rings. The molecule has 4 rings (SSSR count). The summed E-state index contributed by atoms with van der Waals surface area (Å²) >= 11 is 0. The number of carbonyl (C=O) groups is 2. The zero-order valence-electron chi connectivity index (χ0n) is 15.8. The maximum Gasteiger partial charge on any atom is 0.227 e. The van der Waals surface area contributed by atoms with Gasteiger partial charge in [0.05, 0.1) is 19.8 Å². The number of hydrogen-bond donors (Lipinski definition) is 0. The lowest BCUT2D eigenvalue weighted by molar-refractivity contribution is -0.141. The maximum absolute atomic E-state index is 12.7. The van der Waals surface area contributed by atoms with Gasteiger partial charge in [0.1, 0.15) is 11.3 Å².